The summed E-state index contributed by atoms with van der Waals surface area (Å²) in [5, 5.41) is 12.9. The molecule has 7 nitrogen and oxygen atoms in total. The van der Waals surface area contributed by atoms with Crippen molar-refractivity contribution >= 4 is 17.3 Å². The molecule has 0 spiro atoms. The quantitative estimate of drug-likeness (QED) is 0.698. The number of carbonyl (C=O) groups is 1. The van der Waals surface area contributed by atoms with Gasteiger partial charge in [0.05, 0.1) is 51.8 Å². The van der Waals surface area contributed by atoms with Crippen LogP contribution in [0.25, 0.3) is 0 Å². The summed E-state index contributed by atoms with van der Waals surface area (Å²) in [5.74, 6) is 1.50. The Hall–Kier alpha value is -2.93. The zero-order valence-electron chi connectivity index (χ0n) is 15.7. The van der Waals surface area contributed by atoms with Gasteiger partial charge in [-0.2, -0.15) is 0 Å². The molecule has 1 amide bonds. The van der Waals surface area contributed by atoms with Gasteiger partial charge in [0.15, 0.2) is 6.54 Å². The first-order valence-corrected chi connectivity index (χ1v) is 8.99. The molecule has 1 aliphatic rings. The number of amides is 1. The van der Waals surface area contributed by atoms with Gasteiger partial charge in [-0.15, -0.1) is 0 Å². The van der Waals surface area contributed by atoms with E-state index in [9.17, 15) is 9.90 Å². The number of quaternary nitrogens is 1. The zero-order chi connectivity index (χ0) is 19.2. The number of hydrogen-bond acceptors (Lipinski definition) is 5. The number of nitrogens with one attached hydrogen (secondary N) is 2. The highest BCUT2D eigenvalue weighted by atomic mass is 16.5. The summed E-state index contributed by atoms with van der Waals surface area (Å²) in [6.45, 7) is 3.63. The topological polar surface area (TPSA) is 75.5 Å². The predicted molar refractivity (Wildman–Crippen MR) is 104 cm³/mol. The molecule has 2 aromatic carbocycles. The molecule has 1 fully saturated rings. The highest BCUT2D eigenvalue weighted by Crippen LogP contribution is 2.29. The Labute approximate surface area is 159 Å². The van der Waals surface area contributed by atoms with Crippen LogP contribution in [0.5, 0.6) is 17.2 Å². The van der Waals surface area contributed by atoms with Crippen molar-refractivity contribution in [3.05, 3.63) is 42.5 Å². The van der Waals surface area contributed by atoms with Crippen molar-refractivity contribution in [1.29, 1.82) is 0 Å². The van der Waals surface area contributed by atoms with E-state index in [1.807, 2.05) is 18.2 Å². The highest BCUT2D eigenvalue weighted by molar-refractivity contribution is 5.93. The second-order valence-corrected chi connectivity index (χ2v) is 6.52. The van der Waals surface area contributed by atoms with Crippen molar-refractivity contribution in [2.45, 2.75) is 0 Å². The third-order valence-electron chi connectivity index (χ3n) is 4.78. The Morgan fingerprint density at radius 2 is 1.89 bits per heavy atom. The molecular formula is C20H26N3O4+. The summed E-state index contributed by atoms with van der Waals surface area (Å²) in [7, 11) is 3.16. The number of benzene rings is 2. The van der Waals surface area contributed by atoms with Gasteiger partial charge < -0.3 is 29.7 Å². The lowest BCUT2D eigenvalue weighted by atomic mass is 10.2. The average molecular weight is 372 g/mol. The number of phenolic OH excluding ortho intramolecular Hbond substituents is 1. The maximum Gasteiger partial charge on any atom is 0.279 e. The Balaban J connectivity index is 1.55. The van der Waals surface area contributed by atoms with Crippen LogP contribution in [0.15, 0.2) is 42.5 Å². The van der Waals surface area contributed by atoms with Crippen LogP contribution in [-0.2, 0) is 4.79 Å². The van der Waals surface area contributed by atoms with Gasteiger partial charge in [-0.1, -0.05) is 12.1 Å². The van der Waals surface area contributed by atoms with Crippen LogP contribution in [0.4, 0.5) is 11.4 Å². The minimum Gasteiger partial charge on any atom is -0.506 e. The molecule has 3 N–H and O–H groups in total. The summed E-state index contributed by atoms with van der Waals surface area (Å²) in [6.07, 6.45) is 0. The summed E-state index contributed by atoms with van der Waals surface area (Å²) >= 11 is 0. The molecule has 27 heavy (non-hydrogen) atoms. The molecule has 2 aromatic rings. The minimum atomic E-state index is -0.0624. The number of hydrogen-bond donors (Lipinski definition) is 3. The van der Waals surface area contributed by atoms with Crippen molar-refractivity contribution < 1.29 is 24.3 Å². The van der Waals surface area contributed by atoms with Crippen LogP contribution in [0.3, 0.4) is 0 Å². The van der Waals surface area contributed by atoms with Crippen LogP contribution in [0, 0.1) is 0 Å². The fourth-order valence-electron chi connectivity index (χ4n) is 3.31. The van der Waals surface area contributed by atoms with Gasteiger partial charge in [-0.25, -0.2) is 0 Å². The van der Waals surface area contributed by atoms with Crippen LogP contribution in [0.2, 0.25) is 0 Å². The van der Waals surface area contributed by atoms with Crippen LogP contribution in [-0.4, -0.2) is 58.0 Å². The Morgan fingerprint density at radius 3 is 2.56 bits per heavy atom. The molecule has 0 saturated carbocycles. The second kappa shape index (κ2) is 8.64. The molecule has 1 heterocycles. The standard InChI is InChI=1S/C20H25N3O4/c1-26-15-7-8-19(27-2)16(13-15)21-20(25)14-22-9-11-23(12-10-22)17-5-3-4-6-18(17)24/h3-8,13,24H,9-12,14H2,1-2H3,(H,21,25)/p+1. The van der Waals surface area contributed by atoms with Crippen molar-refractivity contribution in [2.75, 3.05) is 57.2 Å². The number of carbonyl (C=O) groups excluding carboxylic acids is 1. The smallest absolute Gasteiger partial charge is 0.279 e. The fraction of sp³-hybridized carbons (Fsp3) is 0.350. The molecule has 1 saturated heterocycles. The van der Waals surface area contributed by atoms with Crippen LogP contribution in [0.1, 0.15) is 0 Å². The number of ether oxygens (including phenoxy) is 2. The number of para-hydroxylation sites is 2. The SMILES string of the molecule is COc1ccc(OC)c(NC(=O)C[NH+]2CCN(c3ccccc3O)CC2)c1. The number of phenols is 1. The van der Waals surface area contributed by atoms with E-state index in [0.29, 0.717) is 29.5 Å². The molecule has 7 heteroatoms. The van der Waals surface area contributed by atoms with E-state index in [2.05, 4.69) is 10.2 Å². The molecule has 0 atom stereocenters. The van der Waals surface area contributed by atoms with Crippen LogP contribution < -0.4 is 24.6 Å². The highest BCUT2D eigenvalue weighted by Gasteiger charge is 2.24. The lowest BCUT2D eigenvalue weighted by Crippen LogP contribution is -3.15. The first-order valence-electron chi connectivity index (χ1n) is 8.99. The van der Waals surface area contributed by atoms with Crippen molar-refractivity contribution in [1.82, 2.24) is 0 Å². The van der Waals surface area contributed by atoms with Crippen molar-refractivity contribution in [3.63, 3.8) is 0 Å². The van der Waals surface area contributed by atoms with E-state index in [4.69, 9.17) is 9.47 Å². The molecular weight excluding hydrogens is 346 g/mol. The summed E-state index contributed by atoms with van der Waals surface area (Å²) in [5.41, 5.74) is 1.45. The number of piperazine rings is 1. The maximum absolute atomic E-state index is 12.5. The molecule has 0 radical (unpaired) electrons. The zero-order valence-corrected chi connectivity index (χ0v) is 15.7. The normalized spacial score (nSPS) is 14.7. The van der Waals surface area contributed by atoms with Gasteiger partial charge in [-0.3, -0.25) is 4.79 Å². The van der Waals surface area contributed by atoms with E-state index in [-0.39, 0.29) is 5.91 Å². The third kappa shape index (κ3) is 4.62. The summed E-state index contributed by atoms with van der Waals surface area (Å²) in [4.78, 5) is 15.8. The summed E-state index contributed by atoms with van der Waals surface area (Å²) in [6, 6.07) is 12.7. The van der Waals surface area contributed by atoms with Gasteiger partial charge in [0.2, 0.25) is 0 Å². The summed E-state index contributed by atoms with van der Waals surface area (Å²) < 4.78 is 10.5. The average Bonchev–Trinajstić information content (AvgIpc) is 2.69. The Bertz CT molecular complexity index is 789. The van der Waals surface area contributed by atoms with Crippen molar-refractivity contribution in [2.24, 2.45) is 0 Å². The van der Waals surface area contributed by atoms with Gasteiger partial charge in [-0.05, 0) is 24.3 Å². The van der Waals surface area contributed by atoms with E-state index in [1.54, 1.807) is 38.5 Å². The lowest BCUT2D eigenvalue weighted by molar-refractivity contribution is -0.892. The van der Waals surface area contributed by atoms with Gasteiger partial charge in [0, 0.05) is 6.07 Å². The largest absolute Gasteiger partial charge is 0.506 e. The third-order valence-corrected chi connectivity index (χ3v) is 4.78. The van der Waals surface area contributed by atoms with Gasteiger partial charge >= 0.3 is 0 Å². The number of rotatable bonds is 6. The van der Waals surface area contributed by atoms with Gasteiger partial charge in [0.25, 0.3) is 5.91 Å². The maximum atomic E-state index is 12.5. The Kier molecular flexibility index (Phi) is 6.03. The molecule has 0 aliphatic carbocycles. The number of nitrogens with zero attached hydrogens (tertiary/aromatic N) is 1. The molecule has 0 bridgehead atoms. The molecule has 1 aliphatic heterocycles. The van der Waals surface area contributed by atoms with Crippen molar-refractivity contribution in [3.8, 4) is 17.2 Å². The van der Waals surface area contributed by atoms with Gasteiger partial charge in [0.1, 0.15) is 17.2 Å². The lowest BCUT2D eigenvalue weighted by Gasteiger charge is -2.33. The van der Waals surface area contributed by atoms with E-state index in [1.165, 1.54) is 4.90 Å². The number of methoxy groups -OCH3 is 2. The molecule has 3 rings (SSSR count). The van der Waals surface area contributed by atoms with E-state index < -0.39 is 0 Å². The monoisotopic (exact) mass is 372 g/mol. The second-order valence-electron chi connectivity index (χ2n) is 6.52. The molecule has 144 valence electrons. The Morgan fingerprint density at radius 1 is 1.15 bits per heavy atom. The van der Waals surface area contributed by atoms with Crippen LogP contribution >= 0.6 is 0 Å². The molecule has 0 unspecified atom stereocenters. The first-order chi connectivity index (χ1) is 13.1. The number of aromatic hydroxyl groups is 1. The molecule has 0 aromatic heterocycles. The minimum absolute atomic E-state index is 0.0624. The van der Waals surface area contributed by atoms with E-state index >= 15 is 0 Å². The van der Waals surface area contributed by atoms with E-state index in [0.717, 1.165) is 31.9 Å². The fourth-order valence-corrected chi connectivity index (χ4v) is 3.31. The predicted octanol–water partition coefficient (Wildman–Crippen LogP) is 0.753. The number of anilines is 2. The first kappa shape index (κ1) is 18.8.